The van der Waals surface area contributed by atoms with Crippen LogP contribution in [0.2, 0.25) is 0 Å². The lowest BCUT2D eigenvalue weighted by Gasteiger charge is -2.28. The second kappa shape index (κ2) is 8.37. The van der Waals surface area contributed by atoms with Gasteiger partial charge in [0.15, 0.2) is 0 Å². The van der Waals surface area contributed by atoms with Crippen molar-refractivity contribution < 1.29 is 9.18 Å². The van der Waals surface area contributed by atoms with Gasteiger partial charge in [0.05, 0.1) is 12.5 Å². The molecule has 2 N–H and O–H groups in total. The summed E-state index contributed by atoms with van der Waals surface area (Å²) in [4.78, 5) is 18.5. The minimum atomic E-state index is -0.286. The molecule has 4 nitrogen and oxygen atoms in total. The maximum Gasteiger partial charge on any atom is 0.224 e. The van der Waals surface area contributed by atoms with E-state index >= 15 is 0 Å². The molecule has 1 atom stereocenters. The monoisotopic (exact) mass is 393 g/mol. The van der Waals surface area contributed by atoms with Gasteiger partial charge in [0.25, 0.3) is 0 Å². The van der Waals surface area contributed by atoms with Gasteiger partial charge in [-0.25, -0.2) is 4.39 Å². The molecular weight excluding hydrogens is 365 g/mol. The molecule has 1 saturated heterocycles. The van der Waals surface area contributed by atoms with Gasteiger partial charge in [0, 0.05) is 23.1 Å². The van der Waals surface area contributed by atoms with E-state index in [1.807, 2.05) is 6.92 Å². The summed E-state index contributed by atoms with van der Waals surface area (Å²) in [6.45, 7) is 6.73. The number of aryl methyl sites for hydroxylation is 2. The van der Waals surface area contributed by atoms with Crippen molar-refractivity contribution in [3.05, 3.63) is 70.7 Å². The Bertz CT molecular complexity index is 1000. The molecule has 1 aromatic heterocycles. The third-order valence-corrected chi connectivity index (χ3v) is 5.96. The van der Waals surface area contributed by atoms with E-state index in [1.54, 1.807) is 6.07 Å². The minimum Gasteiger partial charge on any atom is -0.358 e. The Balaban J connectivity index is 1.48. The third kappa shape index (κ3) is 4.35. The number of halogens is 1. The molecule has 3 aromatic rings. The molecule has 1 aliphatic heterocycles. The fraction of sp³-hybridized carbons (Fsp3) is 0.375. The van der Waals surface area contributed by atoms with Crippen LogP contribution in [0.5, 0.6) is 0 Å². The van der Waals surface area contributed by atoms with Gasteiger partial charge >= 0.3 is 0 Å². The molecule has 0 aliphatic carbocycles. The Morgan fingerprint density at radius 3 is 2.59 bits per heavy atom. The van der Waals surface area contributed by atoms with Crippen LogP contribution in [0.15, 0.2) is 42.5 Å². The van der Waals surface area contributed by atoms with Gasteiger partial charge < -0.3 is 10.3 Å². The Hall–Kier alpha value is -2.66. The number of nitrogens with one attached hydrogen (secondary N) is 2. The normalized spacial score (nSPS) is 15.7. The average Bonchev–Trinajstić information content (AvgIpc) is 3.33. The first kappa shape index (κ1) is 19.6. The van der Waals surface area contributed by atoms with Gasteiger partial charge in [0.2, 0.25) is 5.91 Å². The Labute approximate surface area is 171 Å². The van der Waals surface area contributed by atoms with Crippen LogP contribution in [0.4, 0.5) is 4.39 Å². The SMILES string of the molecule is Cc1ccc(C(CNC(=O)Cc2c(C)[nH]c3ccc(F)cc23)N2CCCC2)cc1. The molecular formula is C24H28FN3O. The number of hydrogen-bond acceptors (Lipinski definition) is 2. The predicted octanol–water partition coefficient (Wildman–Crippen LogP) is 4.42. The lowest BCUT2D eigenvalue weighted by Crippen LogP contribution is -2.37. The van der Waals surface area contributed by atoms with Crippen LogP contribution in [0, 0.1) is 19.7 Å². The first-order chi connectivity index (χ1) is 14.0. The molecule has 1 amide bonds. The maximum absolute atomic E-state index is 13.7. The summed E-state index contributed by atoms with van der Waals surface area (Å²) in [7, 11) is 0. The molecule has 152 valence electrons. The highest BCUT2D eigenvalue weighted by atomic mass is 19.1. The topological polar surface area (TPSA) is 48.1 Å². The molecule has 0 saturated carbocycles. The van der Waals surface area contributed by atoms with Crippen molar-refractivity contribution in [3.63, 3.8) is 0 Å². The molecule has 5 heteroatoms. The number of hydrogen-bond donors (Lipinski definition) is 2. The molecule has 2 aromatic carbocycles. The van der Waals surface area contributed by atoms with Crippen molar-refractivity contribution >= 4 is 16.8 Å². The van der Waals surface area contributed by atoms with Crippen LogP contribution in [-0.4, -0.2) is 35.4 Å². The fourth-order valence-corrected chi connectivity index (χ4v) is 4.32. The lowest BCUT2D eigenvalue weighted by molar-refractivity contribution is -0.120. The summed E-state index contributed by atoms with van der Waals surface area (Å²) in [5, 5.41) is 3.91. The van der Waals surface area contributed by atoms with E-state index in [0.29, 0.717) is 6.54 Å². The Morgan fingerprint density at radius 1 is 1.14 bits per heavy atom. The highest BCUT2D eigenvalue weighted by Crippen LogP contribution is 2.26. The van der Waals surface area contributed by atoms with Crippen molar-refractivity contribution in [2.75, 3.05) is 19.6 Å². The molecule has 29 heavy (non-hydrogen) atoms. The van der Waals surface area contributed by atoms with Crippen LogP contribution in [0.25, 0.3) is 10.9 Å². The van der Waals surface area contributed by atoms with Crippen molar-refractivity contribution in [2.24, 2.45) is 0 Å². The number of carbonyl (C=O) groups is 1. The van der Waals surface area contributed by atoms with Crippen molar-refractivity contribution in [2.45, 2.75) is 39.2 Å². The Morgan fingerprint density at radius 2 is 1.86 bits per heavy atom. The number of aromatic amines is 1. The number of rotatable bonds is 6. The molecule has 0 spiro atoms. The van der Waals surface area contributed by atoms with E-state index in [4.69, 9.17) is 0 Å². The smallest absolute Gasteiger partial charge is 0.224 e. The zero-order chi connectivity index (χ0) is 20.4. The minimum absolute atomic E-state index is 0.0328. The quantitative estimate of drug-likeness (QED) is 0.651. The number of aromatic nitrogens is 1. The summed E-state index contributed by atoms with van der Waals surface area (Å²) in [6.07, 6.45) is 2.66. The van der Waals surface area contributed by atoms with E-state index in [-0.39, 0.29) is 24.2 Å². The standard InChI is InChI=1S/C24H28FN3O/c1-16-5-7-18(8-6-16)23(28-11-3-4-12-28)15-26-24(29)14-20-17(2)27-22-10-9-19(25)13-21(20)22/h5-10,13,23,27H,3-4,11-12,14-15H2,1-2H3,(H,26,29). The van der Waals surface area contributed by atoms with Gasteiger partial charge in [-0.2, -0.15) is 0 Å². The summed E-state index contributed by atoms with van der Waals surface area (Å²) in [5.41, 5.74) is 5.12. The summed E-state index contributed by atoms with van der Waals surface area (Å²) in [6, 6.07) is 13.4. The van der Waals surface area contributed by atoms with Crippen LogP contribution in [-0.2, 0) is 11.2 Å². The first-order valence-electron chi connectivity index (χ1n) is 10.4. The fourth-order valence-electron chi connectivity index (χ4n) is 4.32. The predicted molar refractivity (Wildman–Crippen MR) is 114 cm³/mol. The number of amides is 1. The van der Waals surface area contributed by atoms with Gasteiger partial charge in [-0.05, 0) is 69.1 Å². The summed E-state index contributed by atoms with van der Waals surface area (Å²) < 4.78 is 13.7. The van der Waals surface area contributed by atoms with Gasteiger partial charge in [-0.15, -0.1) is 0 Å². The number of fused-ring (bicyclic) bond motifs is 1. The molecule has 1 aliphatic rings. The van der Waals surface area contributed by atoms with E-state index in [9.17, 15) is 9.18 Å². The zero-order valence-corrected chi connectivity index (χ0v) is 17.1. The summed E-state index contributed by atoms with van der Waals surface area (Å²) in [5.74, 6) is -0.318. The highest BCUT2D eigenvalue weighted by molar-refractivity contribution is 5.90. The van der Waals surface area contributed by atoms with Crippen molar-refractivity contribution in [3.8, 4) is 0 Å². The number of benzene rings is 2. The Kier molecular flexibility index (Phi) is 5.67. The zero-order valence-electron chi connectivity index (χ0n) is 17.1. The highest BCUT2D eigenvalue weighted by Gasteiger charge is 2.24. The largest absolute Gasteiger partial charge is 0.358 e. The van der Waals surface area contributed by atoms with Crippen LogP contribution >= 0.6 is 0 Å². The van der Waals surface area contributed by atoms with Gasteiger partial charge in [0.1, 0.15) is 5.82 Å². The van der Waals surface area contributed by atoms with Gasteiger partial charge in [-0.1, -0.05) is 29.8 Å². The first-order valence-corrected chi connectivity index (χ1v) is 10.4. The van der Waals surface area contributed by atoms with E-state index in [1.165, 1.54) is 36.1 Å². The van der Waals surface area contributed by atoms with E-state index < -0.39 is 0 Å². The molecule has 1 unspecified atom stereocenters. The van der Waals surface area contributed by atoms with Crippen molar-refractivity contribution in [1.29, 1.82) is 0 Å². The molecule has 1 fully saturated rings. The molecule has 0 bridgehead atoms. The summed E-state index contributed by atoms with van der Waals surface area (Å²) >= 11 is 0. The van der Waals surface area contributed by atoms with Gasteiger partial charge in [-0.3, -0.25) is 9.69 Å². The third-order valence-electron chi connectivity index (χ3n) is 5.96. The number of nitrogens with zero attached hydrogens (tertiary/aromatic N) is 1. The van der Waals surface area contributed by atoms with Crippen molar-refractivity contribution in [1.82, 2.24) is 15.2 Å². The number of carbonyl (C=O) groups excluding carboxylic acids is 1. The number of H-pyrrole nitrogens is 1. The van der Waals surface area contributed by atoms with Crippen LogP contribution < -0.4 is 5.32 Å². The number of likely N-dealkylation sites (tertiary alicyclic amines) is 1. The molecule has 4 rings (SSSR count). The molecule has 0 radical (unpaired) electrons. The molecule has 2 heterocycles. The van der Waals surface area contributed by atoms with Crippen LogP contribution in [0.3, 0.4) is 0 Å². The van der Waals surface area contributed by atoms with E-state index in [2.05, 4.69) is 46.4 Å². The second-order valence-electron chi connectivity index (χ2n) is 8.07. The maximum atomic E-state index is 13.7. The van der Waals surface area contributed by atoms with E-state index in [0.717, 1.165) is 35.2 Å². The van der Waals surface area contributed by atoms with Crippen LogP contribution in [0.1, 0.15) is 41.3 Å². The second-order valence-corrected chi connectivity index (χ2v) is 8.07. The lowest BCUT2D eigenvalue weighted by atomic mass is 10.0. The average molecular weight is 394 g/mol.